The summed E-state index contributed by atoms with van der Waals surface area (Å²) < 4.78 is 12.7. The number of methoxy groups -OCH3 is 1. The van der Waals surface area contributed by atoms with Crippen LogP contribution < -0.4 is 14.4 Å². The zero-order valence-corrected chi connectivity index (χ0v) is 19.3. The van der Waals surface area contributed by atoms with Crippen LogP contribution in [0.15, 0.2) is 77.3 Å². The Hall–Kier alpha value is -2.79. The number of fused-ring (bicyclic) bond motifs is 1. The molecule has 0 aromatic heterocycles. The van der Waals surface area contributed by atoms with E-state index in [1.54, 1.807) is 7.11 Å². The predicted octanol–water partition coefficient (Wildman–Crippen LogP) is 5.99. The Balaban J connectivity index is 1.63. The molecule has 4 nitrogen and oxygen atoms in total. The van der Waals surface area contributed by atoms with E-state index in [9.17, 15) is 4.79 Å². The van der Waals surface area contributed by atoms with Gasteiger partial charge in [0.25, 0.3) is 0 Å². The van der Waals surface area contributed by atoms with E-state index in [4.69, 9.17) is 9.47 Å². The number of carbonyl (C=O) groups is 1. The molecule has 0 aliphatic carbocycles. The van der Waals surface area contributed by atoms with E-state index in [2.05, 4.69) is 22.0 Å². The van der Waals surface area contributed by atoms with Gasteiger partial charge in [-0.3, -0.25) is 4.79 Å². The van der Waals surface area contributed by atoms with Gasteiger partial charge < -0.3 is 14.4 Å². The fourth-order valence-electron chi connectivity index (χ4n) is 4.02. The molecule has 5 heteroatoms. The van der Waals surface area contributed by atoms with Crippen molar-refractivity contribution in [1.29, 1.82) is 0 Å². The summed E-state index contributed by atoms with van der Waals surface area (Å²) in [7, 11) is 1.64. The molecule has 0 spiro atoms. The SMILES string of the molecule is COc1cccc(OC2CCc3cc(Br)ccc3N(C(=O)[C@@H](C)c3ccccc3)C2)c1. The lowest BCUT2D eigenvalue weighted by molar-refractivity contribution is -0.120. The summed E-state index contributed by atoms with van der Waals surface area (Å²) in [5, 5.41) is 0. The number of halogens is 1. The average Bonchev–Trinajstić information content (AvgIpc) is 2.98. The number of carbonyl (C=O) groups excluding carboxylic acids is 1. The summed E-state index contributed by atoms with van der Waals surface area (Å²) in [6.07, 6.45) is 1.54. The first-order valence-electron chi connectivity index (χ1n) is 10.5. The van der Waals surface area contributed by atoms with Crippen LogP contribution in [0.4, 0.5) is 5.69 Å². The second-order valence-corrected chi connectivity index (χ2v) is 8.73. The minimum Gasteiger partial charge on any atom is -0.497 e. The van der Waals surface area contributed by atoms with E-state index >= 15 is 0 Å². The summed E-state index contributed by atoms with van der Waals surface area (Å²) in [6, 6.07) is 23.7. The van der Waals surface area contributed by atoms with E-state index in [1.165, 1.54) is 0 Å². The van der Waals surface area contributed by atoms with Gasteiger partial charge in [0.2, 0.25) is 5.91 Å². The molecule has 160 valence electrons. The van der Waals surface area contributed by atoms with E-state index in [1.807, 2.05) is 78.6 Å². The molecule has 0 saturated heterocycles. The number of nitrogens with zero attached hydrogens (tertiary/aromatic N) is 1. The molecule has 0 N–H and O–H groups in total. The van der Waals surface area contributed by atoms with Crippen LogP contribution in [0.5, 0.6) is 11.5 Å². The highest BCUT2D eigenvalue weighted by atomic mass is 79.9. The van der Waals surface area contributed by atoms with Crippen molar-refractivity contribution in [3.63, 3.8) is 0 Å². The first-order chi connectivity index (χ1) is 15.0. The molecule has 0 fully saturated rings. The van der Waals surface area contributed by atoms with Crippen LogP contribution in [0.25, 0.3) is 0 Å². The minimum absolute atomic E-state index is 0.0796. The zero-order valence-electron chi connectivity index (χ0n) is 17.8. The van der Waals surface area contributed by atoms with Crippen LogP contribution in [0.2, 0.25) is 0 Å². The maximum atomic E-state index is 13.6. The Kier molecular flexibility index (Phi) is 6.62. The quantitative estimate of drug-likeness (QED) is 0.451. The van der Waals surface area contributed by atoms with Gasteiger partial charge >= 0.3 is 0 Å². The number of hydrogen-bond donors (Lipinski definition) is 0. The molecule has 0 saturated carbocycles. The Morgan fingerprint density at radius 2 is 1.81 bits per heavy atom. The average molecular weight is 480 g/mol. The Morgan fingerprint density at radius 3 is 2.58 bits per heavy atom. The number of hydrogen-bond acceptors (Lipinski definition) is 3. The van der Waals surface area contributed by atoms with Crippen molar-refractivity contribution in [2.24, 2.45) is 0 Å². The zero-order chi connectivity index (χ0) is 21.8. The largest absolute Gasteiger partial charge is 0.497 e. The van der Waals surface area contributed by atoms with Gasteiger partial charge in [0.05, 0.1) is 19.6 Å². The summed E-state index contributed by atoms with van der Waals surface area (Å²) in [5.41, 5.74) is 3.13. The van der Waals surface area contributed by atoms with Gasteiger partial charge in [-0.25, -0.2) is 0 Å². The highest BCUT2D eigenvalue weighted by Crippen LogP contribution is 2.33. The Bertz CT molecular complexity index is 1050. The highest BCUT2D eigenvalue weighted by molar-refractivity contribution is 9.10. The number of anilines is 1. The lowest BCUT2D eigenvalue weighted by atomic mass is 9.99. The summed E-state index contributed by atoms with van der Waals surface area (Å²) in [4.78, 5) is 15.5. The molecule has 1 unspecified atom stereocenters. The van der Waals surface area contributed by atoms with Crippen LogP contribution in [-0.4, -0.2) is 25.7 Å². The lowest BCUT2D eigenvalue weighted by Crippen LogP contribution is -2.41. The van der Waals surface area contributed by atoms with Gasteiger partial charge in [-0.05, 0) is 61.2 Å². The smallest absolute Gasteiger partial charge is 0.234 e. The lowest BCUT2D eigenvalue weighted by Gasteiger charge is -2.29. The van der Waals surface area contributed by atoms with Crippen molar-refractivity contribution >= 4 is 27.5 Å². The van der Waals surface area contributed by atoms with Crippen LogP contribution in [0.3, 0.4) is 0 Å². The molecule has 4 rings (SSSR count). The molecule has 0 bridgehead atoms. The second kappa shape index (κ2) is 9.56. The number of rotatable bonds is 5. The maximum absolute atomic E-state index is 13.6. The summed E-state index contributed by atoms with van der Waals surface area (Å²) in [5.74, 6) is 1.34. The third-order valence-electron chi connectivity index (χ3n) is 5.73. The Morgan fingerprint density at radius 1 is 1.03 bits per heavy atom. The van der Waals surface area contributed by atoms with Gasteiger partial charge in [0, 0.05) is 16.2 Å². The van der Waals surface area contributed by atoms with Gasteiger partial charge in [-0.1, -0.05) is 52.3 Å². The molecule has 2 atom stereocenters. The van der Waals surface area contributed by atoms with Crippen molar-refractivity contribution in [2.75, 3.05) is 18.6 Å². The fraction of sp³-hybridized carbons (Fsp3) is 0.269. The standard InChI is InChI=1S/C26H26BrNO3/c1-18(19-7-4-3-5-8-19)26(29)28-17-24(31-23-10-6-9-22(16-23)30-2)13-11-20-15-21(27)12-14-25(20)28/h3-10,12,14-16,18,24H,11,13,17H2,1-2H3/t18-,24?/m0/s1. The Labute approximate surface area is 191 Å². The minimum atomic E-state index is -0.242. The van der Waals surface area contributed by atoms with Crippen molar-refractivity contribution < 1.29 is 14.3 Å². The molecule has 3 aromatic carbocycles. The van der Waals surface area contributed by atoms with Crippen molar-refractivity contribution in [3.8, 4) is 11.5 Å². The number of benzene rings is 3. The molecular weight excluding hydrogens is 454 g/mol. The van der Waals surface area contributed by atoms with Gasteiger partial charge in [0.1, 0.15) is 17.6 Å². The monoisotopic (exact) mass is 479 g/mol. The number of amides is 1. The first kappa shape index (κ1) is 21.4. The molecule has 3 aromatic rings. The normalized spacial score (nSPS) is 16.7. The molecule has 1 aliphatic heterocycles. The topological polar surface area (TPSA) is 38.8 Å². The van der Waals surface area contributed by atoms with Crippen molar-refractivity contribution in [1.82, 2.24) is 0 Å². The molecule has 0 radical (unpaired) electrons. The number of aryl methyl sites for hydroxylation is 1. The van der Waals surface area contributed by atoms with E-state index < -0.39 is 0 Å². The van der Waals surface area contributed by atoms with Gasteiger partial charge in [-0.2, -0.15) is 0 Å². The first-order valence-corrected chi connectivity index (χ1v) is 11.3. The molecule has 31 heavy (non-hydrogen) atoms. The summed E-state index contributed by atoms with van der Waals surface area (Å²) in [6.45, 7) is 2.47. The molecule has 1 heterocycles. The van der Waals surface area contributed by atoms with E-state index in [-0.39, 0.29) is 17.9 Å². The van der Waals surface area contributed by atoms with Crippen molar-refractivity contribution in [2.45, 2.75) is 31.8 Å². The maximum Gasteiger partial charge on any atom is 0.234 e. The molecule has 1 amide bonds. The van der Waals surface area contributed by atoms with Crippen LogP contribution >= 0.6 is 15.9 Å². The van der Waals surface area contributed by atoms with Gasteiger partial charge in [-0.15, -0.1) is 0 Å². The van der Waals surface area contributed by atoms with E-state index in [0.29, 0.717) is 6.54 Å². The van der Waals surface area contributed by atoms with Crippen LogP contribution in [-0.2, 0) is 11.2 Å². The third kappa shape index (κ3) is 4.93. The second-order valence-electron chi connectivity index (χ2n) is 7.81. The van der Waals surface area contributed by atoms with E-state index in [0.717, 1.165) is 45.6 Å². The molecular formula is C26H26BrNO3. The van der Waals surface area contributed by atoms with Crippen LogP contribution in [0, 0.1) is 0 Å². The summed E-state index contributed by atoms with van der Waals surface area (Å²) >= 11 is 3.57. The fourth-order valence-corrected chi connectivity index (χ4v) is 4.43. The van der Waals surface area contributed by atoms with Gasteiger partial charge in [0.15, 0.2) is 0 Å². The highest BCUT2D eigenvalue weighted by Gasteiger charge is 2.30. The molecule has 1 aliphatic rings. The van der Waals surface area contributed by atoms with Crippen molar-refractivity contribution in [3.05, 3.63) is 88.4 Å². The predicted molar refractivity (Wildman–Crippen MR) is 127 cm³/mol. The van der Waals surface area contributed by atoms with Crippen LogP contribution in [0.1, 0.15) is 30.4 Å². The number of ether oxygens (including phenoxy) is 2. The third-order valence-corrected chi connectivity index (χ3v) is 6.23.